The average Bonchev–Trinajstić information content (AvgIpc) is 0.789. The summed E-state index contributed by atoms with van der Waals surface area (Å²) in [6.45, 7) is 21.9. The Balaban J connectivity index is 0.000000127. The van der Waals surface area contributed by atoms with Crippen LogP contribution in [-0.2, 0) is 41.0 Å². The third-order valence-electron chi connectivity index (χ3n) is 20.2. The van der Waals surface area contributed by atoms with Gasteiger partial charge in [0.1, 0.15) is 39.8 Å². The molecule has 8 aromatic heterocycles. The van der Waals surface area contributed by atoms with Crippen LogP contribution in [0.25, 0.3) is 134 Å². The smallest absolute Gasteiger partial charge is 0.213 e. The fourth-order valence-electron chi connectivity index (χ4n) is 14.3. The molecule has 0 fully saturated rings. The maximum atomic E-state index is 4.85. The van der Waals surface area contributed by atoms with Gasteiger partial charge in [-0.15, -0.1) is 0 Å². The van der Waals surface area contributed by atoms with Crippen LogP contribution in [0.15, 0.2) is 280 Å². The van der Waals surface area contributed by atoms with Crippen LogP contribution in [0.3, 0.4) is 0 Å². The molecule has 0 N–H and O–H groups in total. The molecule has 106 heavy (non-hydrogen) atoms. The van der Waals surface area contributed by atoms with Gasteiger partial charge in [0.25, 0.3) is 0 Å². The molecule has 8 aromatic carbocycles. The first kappa shape index (κ1) is 72.2. The molecule has 0 radical (unpaired) electrons. The summed E-state index contributed by atoms with van der Waals surface area (Å²) in [5, 5.41) is 4.90. The van der Waals surface area contributed by atoms with Crippen molar-refractivity contribution in [3.05, 3.63) is 325 Å². The Bertz CT molecular complexity index is 5420. The van der Waals surface area contributed by atoms with Crippen molar-refractivity contribution in [1.29, 1.82) is 0 Å². The highest BCUT2D eigenvalue weighted by molar-refractivity contribution is 5.87. The zero-order chi connectivity index (χ0) is 74.1. The minimum Gasteiger partial charge on any atom is -0.265 e. The van der Waals surface area contributed by atoms with Gasteiger partial charge < -0.3 is 0 Å². The van der Waals surface area contributed by atoms with E-state index in [4.69, 9.17) is 15.0 Å². The summed E-state index contributed by atoms with van der Waals surface area (Å²) >= 11 is 0. The highest BCUT2D eigenvalue weighted by Gasteiger charge is 2.23. The lowest BCUT2D eigenvalue weighted by atomic mass is 9.96. The van der Waals surface area contributed by atoms with Crippen molar-refractivity contribution >= 4 is 43.6 Å². The lowest BCUT2D eigenvalue weighted by Crippen LogP contribution is -2.32. The second kappa shape index (κ2) is 32.3. The summed E-state index contributed by atoms with van der Waals surface area (Å²) in [4.78, 5) is 27.3. The van der Waals surface area contributed by atoms with Crippen molar-refractivity contribution < 1.29 is 18.3 Å². The minimum atomic E-state index is 0.505. The quantitative estimate of drug-likeness (QED) is 0.113. The van der Waals surface area contributed by atoms with Crippen molar-refractivity contribution in [2.45, 2.75) is 82.1 Å². The van der Waals surface area contributed by atoms with Gasteiger partial charge in [-0.2, -0.15) is 18.3 Å². The molecule has 0 aliphatic carbocycles. The number of nitrogens with zero attached hydrogens (tertiary/aromatic N) is 10. The monoisotopic (exact) mass is 1390 g/mol. The minimum absolute atomic E-state index is 0.505. The number of aromatic nitrogens is 10. The lowest BCUT2D eigenvalue weighted by molar-refractivity contribution is -0.633. The van der Waals surface area contributed by atoms with Crippen LogP contribution in [0.1, 0.15) is 72.7 Å². The maximum absolute atomic E-state index is 4.85. The van der Waals surface area contributed by atoms with E-state index < -0.39 is 0 Å². The molecular formula is C96H94N10+4. The number of aryl methyl sites for hydroxylation is 9. The first-order valence-electron chi connectivity index (χ1n) is 36.8. The Morgan fingerprint density at radius 2 is 0.745 bits per heavy atom. The van der Waals surface area contributed by atoms with Gasteiger partial charge in [0, 0.05) is 153 Å². The highest BCUT2D eigenvalue weighted by atomic mass is 15.0. The van der Waals surface area contributed by atoms with E-state index >= 15 is 0 Å². The van der Waals surface area contributed by atoms with Gasteiger partial charge in [0.15, 0.2) is 5.82 Å². The predicted octanol–water partition coefficient (Wildman–Crippen LogP) is 20.6. The van der Waals surface area contributed by atoms with Crippen LogP contribution in [0.4, 0.5) is 0 Å². The van der Waals surface area contributed by atoms with Crippen molar-refractivity contribution in [1.82, 2.24) is 29.9 Å². The number of rotatable bonds is 12. The number of pyridine rings is 7. The van der Waals surface area contributed by atoms with Crippen LogP contribution in [0, 0.1) is 53.4 Å². The molecule has 524 valence electrons. The SMILES string of the molecule is Cc1cc(C)c(C)c(-c2ccc3cc(-c4nc(CC(C)C)nc(CC(C)C)n4)ccc3[n+]2C)c1.Cc1ccccc1-c1ccc2ccc(-c3ccccn3)cc2[n+]1C.Cc1ccccc1-c1ccc2ccc(-c3cccnc3)cc2[n+]1C.Cc1ccccc1-c1ccc2ccc(-c3ccncc3)cc2[n+]1C. The number of hydrogen-bond donors (Lipinski definition) is 0. The largest absolute Gasteiger partial charge is 0.265 e. The third kappa shape index (κ3) is 16.1. The highest BCUT2D eigenvalue weighted by Crippen LogP contribution is 2.32. The fourth-order valence-corrected chi connectivity index (χ4v) is 14.3. The molecule has 0 aliphatic heterocycles. The van der Waals surface area contributed by atoms with Crippen molar-refractivity contribution in [3.8, 4) is 89.9 Å². The molecule has 0 aliphatic rings. The van der Waals surface area contributed by atoms with Gasteiger partial charge in [0.2, 0.25) is 44.8 Å². The van der Waals surface area contributed by atoms with E-state index in [0.717, 1.165) is 52.7 Å². The van der Waals surface area contributed by atoms with E-state index in [1.165, 1.54) is 139 Å². The molecular weight excluding hydrogens is 1290 g/mol. The molecule has 10 nitrogen and oxygen atoms in total. The van der Waals surface area contributed by atoms with Gasteiger partial charge in [-0.1, -0.05) is 124 Å². The van der Waals surface area contributed by atoms with E-state index in [-0.39, 0.29) is 0 Å². The first-order chi connectivity index (χ1) is 51.3. The van der Waals surface area contributed by atoms with Crippen molar-refractivity contribution in [2.75, 3.05) is 0 Å². The maximum Gasteiger partial charge on any atom is 0.213 e. The topological polar surface area (TPSA) is 92.9 Å². The molecule has 16 rings (SSSR count). The summed E-state index contributed by atoms with van der Waals surface area (Å²) in [5.41, 5.74) is 30.6. The third-order valence-corrected chi connectivity index (χ3v) is 20.2. The Morgan fingerprint density at radius 1 is 0.302 bits per heavy atom. The molecule has 0 saturated heterocycles. The lowest BCUT2D eigenvalue weighted by Gasteiger charge is -2.12. The van der Waals surface area contributed by atoms with E-state index in [9.17, 15) is 0 Å². The van der Waals surface area contributed by atoms with Crippen LogP contribution in [0.5, 0.6) is 0 Å². The van der Waals surface area contributed by atoms with E-state index in [1.807, 2.05) is 61.2 Å². The number of fused-ring (bicyclic) bond motifs is 4. The summed E-state index contributed by atoms with van der Waals surface area (Å²) in [7, 11) is 8.56. The van der Waals surface area contributed by atoms with E-state index in [0.29, 0.717) is 11.8 Å². The summed E-state index contributed by atoms with van der Waals surface area (Å²) < 4.78 is 9.12. The van der Waals surface area contributed by atoms with Gasteiger partial charge in [-0.25, -0.2) is 15.0 Å². The molecule has 8 heterocycles. The molecule has 0 atom stereocenters. The van der Waals surface area contributed by atoms with Crippen molar-refractivity contribution in [2.24, 2.45) is 40.0 Å². The van der Waals surface area contributed by atoms with E-state index in [2.05, 4.69) is 343 Å². The van der Waals surface area contributed by atoms with Crippen LogP contribution < -0.4 is 18.3 Å². The van der Waals surface area contributed by atoms with Gasteiger partial charge in [0.05, 0.1) is 5.69 Å². The normalized spacial score (nSPS) is 11.2. The molecule has 0 amide bonds. The summed E-state index contributed by atoms with van der Waals surface area (Å²) in [6, 6.07) is 88.2. The number of hydrogen-bond acceptors (Lipinski definition) is 6. The standard InChI is InChI=1S/C30H37N4.3C22H19N2/c1-18(2)13-28-31-29(14-19(3)4)33-30(32-28)24-10-11-26-23(17-24)9-12-27(34(26)8)25-16-20(5)15-21(6)22(25)7;1-16-7-3-4-8-19(16)21-13-12-17-10-11-18(15-22(17)24(21)2)20-9-5-6-14-23-20;1-16-6-3-4-8-20(16)21-12-11-17-9-10-18(14-22(17)24(21)2)19-7-5-13-23-15-19;1-16-5-3-4-6-20(16)21-10-9-18-7-8-19(15-22(18)24(21)2)17-11-13-23-14-12-17/h9-12,15-19H,13-14H2,1-8H3;3*3-15H,1-2H3/q4*+1. The Labute approximate surface area is 624 Å². The fraction of sp³-hybridized carbons (Fsp3) is 0.188. The Hall–Kier alpha value is -12.1. The molecule has 0 saturated carbocycles. The molecule has 0 spiro atoms. The Kier molecular flexibility index (Phi) is 22.0. The second-order valence-electron chi connectivity index (χ2n) is 28.8. The predicted molar refractivity (Wildman–Crippen MR) is 436 cm³/mol. The van der Waals surface area contributed by atoms with Crippen LogP contribution >= 0.6 is 0 Å². The Morgan fingerprint density at radius 3 is 1.23 bits per heavy atom. The molecule has 0 bridgehead atoms. The molecule has 16 aromatic rings. The van der Waals surface area contributed by atoms with Gasteiger partial charge >= 0.3 is 0 Å². The van der Waals surface area contributed by atoms with Crippen LogP contribution in [-0.4, -0.2) is 29.9 Å². The second-order valence-corrected chi connectivity index (χ2v) is 28.8. The van der Waals surface area contributed by atoms with Crippen LogP contribution in [0.2, 0.25) is 0 Å². The average molecular weight is 1390 g/mol. The van der Waals surface area contributed by atoms with Gasteiger partial charge in [-0.05, 0) is 207 Å². The zero-order valence-corrected chi connectivity index (χ0v) is 63.6. The number of benzene rings is 8. The zero-order valence-electron chi connectivity index (χ0n) is 63.6. The van der Waals surface area contributed by atoms with E-state index in [1.54, 1.807) is 6.20 Å². The summed E-state index contributed by atoms with van der Waals surface area (Å²) in [5.74, 6) is 3.57. The molecule has 10 heteroatoms. The van der Waals surface area contributed by atoms with Crippen molar-refractivity contribution in [3.63, 3.8) is 0 Å². The first-order valence-corrected chi connectivity index (χ1v) is 36.8. The van der Waals surface area contributed by atoms with Gasteiger partial charge in [-0.3, -0.25) is 15.0 Å². The molecule has 0 unspecified atom stereocenters. The summed E-state index contributed by atoms with van der Waals surface area (Å²) in [6.07, 6.45) is 11.0.